The Morgan fingerprint density at radius 1 is 1.29 bits per heavy atom. The molecule has 0 bridgehead atoms. The molecule has 28 heavy (non-hydrogen) atoms. The summed E-state index contributed by atoms with van der Waals surface area (Å²) in [6.07, 6.45) is 12.7. The van der Waals surface area contributed by atoms with Crippen molar-refractivity contribution in [2.45, 2.75) is 53.0 Å². The molecule has 6 heteroatoms. The van der Waals surface area contributed by atoms with Crippen LogP contribution in [0, 0.1) is 5.92 Å². The van der Waals surface area contributed by atoms with Crippen LogP contribution in [0.1, 0.15) is 58.0 Å². The molecule has 1 atom stereocenters. The molecule has 2 aliphatic rings. The monoisotopic (exact) mass is 377 g/mol. The molecule has 0 saturated heterocycles. The van der Waals surface area contributed by atoms with Crippen LogP contribution in [-0.4, -0.2) is 19.6 Å². The molecular formula is C22H27N5O. The van der Waals surface area contributed by atoms with Gasteiger partial charge in [0.15, 0.2) is 5.82 Å². The summed E-state index contributed by atoms with van der Waals surface area (Å²) in [5, 5.41) is 7.89. The zero-order valence-corrected chi connectivity index (χ0v) is 16.7. The first kappa shape index (κ1) is 18.5. The molecule has 6 nitrogen and oxygen atoms in total. The van der Waals surface area contributed by atoms with Crippen LogP contribution in [0.15, 0.2) is 52.0 Å². The number of hydrogen-bond donors (Lipinski definition) is 2. The largest absolute Gasteiger partial charge is 0.380 e. The minimum absolute atomic E-state index is 0.163. The fourth-order valence-corrected chi connectivity index (χ4v) is 3.73. The highest BCUT2D eigenvalue weighted by Crippen LogP contribution is 2.29. The van der Waals surface area contributed by atoms with Crippen molar-refractivity contribution >= 4 is 11.4 Å². The maximum absolute atomic E-state index is 12.5. The molecule has 0 aromatic carbocycles. The van der Waals surface area contributed by atoms with Crippen LogP contribution in [0.3, 0.4) is 0 Å². The lowest BCUT2D eigenvalue weighted by Gasteiger charge is -2.17. The van der Waals surface area contributed by atoms with E-state index in [1.54, 1.807) is 6.07 Å². The van der Waals surface area contributed by atoms with Gasteiger partial charge in [0, 0.05) is 17.5 Å². The number of rotatable bonds is 5. The van der Waals surface area contributed by atoms with Gasteiger partial charge in [0.25, 0.3) is 5.56 Å². The summed E-state index contributed by atoms with van der Waals surface area (Å²) in [7, 11) is 0. The highest BCUT2D eigenvalue weighted by atomic mass is 16.1. The highest BCUT2D eigenvalue weighted by Gasteiger charge is 2.18. The van der Waals surface area contributed by atoms with Crippen LogP contribution in [0.25, 0.3) is 11.4 Å². The molecule has 0 spiro atoms. The minimum atomic E-state index is -0.163. The Bertz CT molecular complexity index is 1080. The first-order valence-electron chi connectivity index (χ1n) is 10.0. The molecule has 0 radical (unpaired) electrons. The van der Waals surface area contributed by atoms with E-state index in [1.165, 1.54) is 21.4 Å². The van der Waals surface area contributed by atoms with Gasteiger partial charge in [0.1, 0.15) is 0 Å². The number of H-pyrrole nitrogens is 1. The molecule has 2 N–H and O–H groups in total. The van der Waals surface area contributed by atoms with Crippen molar-refractivity contribution in [1.82, 2.24) is 24.9 Å². The number of fused-ring (bicyclic) bond motifs is 1. The Labute approximate surface area is 164 Å². The molecule has 1 unspecified atom stereocenters. The van der Waals surface area contributed by atoms with E-state index in [2.05, 4.69) is 65.5 Å². The summed E-state index contributed by atoms with van der Waals surface area (Å²) < 4.78 is 1.35. The molecule has 2 aromatic heterocycles. The molecule has 2 aromatic rings. The Morgan fingerprint density at radius 3 is 2.89 bits per heavy atom. The van der Waals surface area contributed by atoms with Crippen molar-refractivity contribution in [2.75, 3.05) is 0 Å². The van der Waals surface area contributed by atoms with Crippen LogP contribution in [-0.2, 0) is 6.54 Å². The summed E-state index contributed by atoms with van der Waals surface area (Å²) in [4.78, 5) is 20.4. The first-order chi connectivity index (χ1) is 13.5. The highest BCUT2D eigenvalue weighted by molar-refractivity contribution is 5.65. The predicted octanol–water partition coefficient (Wildman–Crippen LogP) is 3.89. The second kappa shape index (κ2) is 7.62. The quantitative estimate of drug-likeness (QED) is 0.829. The van der Waals surface area contributed by atoms with Crippen LogP contribution in [0.4, 0.5) is 0 Å². The van der Waals surface area contributed by atoms with Gasteiger partial charge < -0.3 is 10.3 Å². The molecule has 146 valence electrons. The summed E-state index contributed by atoms with van der Waals surface area (Å²) in [5.74, 6) is 1.58. The van der Waals surface area contributed by atoms with E-state index in [4.69, 9.17) is 0 Å². The second-order valence-electron chi connectivity index (χ2n) is 7.64. The van der Waals surface area contributed by atoms with Crippen molar-refractivity contribution in [2.24, 2.45) is 5.92 Å². The van der Waals surface area contributed by atoms with Crippen molar-refractivity contribution in [3.8, 4) is 0 Å². The number of nitrogens with zero attached hydrogens (tertiary/aromatic N) is 3. The van der Waals surface area contributed by atoms with Crippen molar-refractivity contribution < 1.29 is 0 Å². The van der Waals surface area contributed by atoms with E-state index < -0.39 is 0 Å². The van der Waals surface area contributed by atoms with Crippen LogP contribution < -0.4 is 10.9 Å². The Balaban J connectivity index is 1.58. The normalized spacial score (nSPS) is 19.8. The average molecular weight is 377 g/mol. The van der Waals surface area contributed by atoms with Gasteiger partial charge in [-0.05, 0) is 49.7 Å². The maximum Gasteiger partial charge on any atom is 0.275 e. The van der Waals surface area contributed by atoms with Crippen LogP contribution in [0.5, 0.6) is 0 Å². The van der Waals surface area contributed by atoms with E-state index in [-0.39, 0.29) is 5.56 Å². The standard InChI is InChI=1S/C22H27N5O/c1-4-16-7-5-6-8-19(16)23-13-18-12-20(28)27-22(24-18)25-21(26-27)17-10-9-14(2)15(3)11-17/h7-10,12,15,23H,4-6,11,13H2,1-3H3,(H,24,25,26). The molecule has 2 heterocycles. The van der Waals surface area contributed by atoms with Crippen molar-refractivity contribution in [3.05, 3.63) is 69.1 Å². The van der Waals surface area contributed by atoms with Crippen molar-refractivity contribution in [3.63, 3.8) is 0 Å². The average Bonchev–Trinajstić information content (AvgIpc) is 3.13. The fourth-order valence-electron chi connectivity index (χ4n) is 3.73. The predicted molar refractivity (Wildman–Crippen MR) is 112 cm³/mol. The molecule has 0 aliphatic heterocycles. The smallest absolute Gasteiger partial charge is 0.275 e. The third-order valence-corrected chi connectivity index (χ3v) is 5.63. The van der Waals surface area contributed by atoms with Gasteiger partial charge in [-0.25, -0.2) is 0 Å². The van der Waals surface area contributed by atoms with Gasteiger partial charge >= 0.3 is 0 Å². The molecule has 0 fully saturated rings. The Kier molecular flexibility index (Phi) is 5.03. The molecule has 4 rings (SSSR count). The zero-order chi connectivity index (χ0) is 19.7. The lowest BCUT2D eigenvalue weighted by molar-refractivity contribution is 0.693. The van der Waals surface area contributed by atoms with Gasteiger partial charge in [-0.2, -0.15) is 9.50 Å². The molecule has 0 amide bonds. The van der Waals surface area contributed by atoms with Crippen LogP contribution >= 0.6 is 0 Å². The van der Waals surface area contributed by atoms with Gasteiger partial charge in [0.2, 0.25) is 5.78 Å². The number of hydrogen-bond acceptors (Lipinski definition) is 4. The number of aromatic amines is 1. The first-order valence-corrected chi connectivity index (χ1v) is 10.0. The Hall–Kier alpha value is -2.89. The third-order valence-electron chi connectivity index (χ3n) is 5.63. The van der Waals surface area contributed by atoms with Gasteiger partial charge in [-0.3, -0.25) is 4.79 Å². The van der Waals surface area contributed by atoms with Crippen LogP contribution in [0.2, 0.25) is 0 Å². The molecular weight excluding hydrogens is 350 g/mol. The van der Waals surface area contributed by atoms with Gasteiger partial charge in [0.05, 0.1) is 6.54 Å². The summed E-state index contributed by atoms with van der Waals surface area (Å²) in [6, 6.07) is 1.60. The second-order valence-corrected chi connectivity index (χ2v) is 7.64. The molecule has 0 saturated carbocycles. The third kappa shape index (κ3) is 3.59. The van der Waals surface area contributed by atoms with E-state index in [0.717, 1.165) is 37.0 Å². The Morgan fingerprint density at radius 2 is 2.11 bits per heavy atom. The van der Waals surface area contributed by atoms with E-state index in [0.29, 0.717) is 24.1 Å². The topological polar surface area (TPSA) is 75.1 Å². The zero-order valence-electron chi connectivity index (χ0n) is 16.7. The maximum atomic E-state index is 12.5. The van der Waals surface area contributed by atoms with E-state index >= 15 is 0 Å². The van der Waals surface area contributed by atoms with Gasteiger partial charge in [-0.1, -0.05) is 43.7 Å². The lowest BCUT2D eigenvalue weighted by Crippen LogP contribution is -2.21. The lowest BCUT2D eigenvalue weighted by atomic mass is 9.89. The van der Waals surface area contributed by atoms with Crippen molar-refractivity contribution in [1.29, 1.82) is 0 Å². The fraction of sp³-hybridized carbons (Fsp3) is 0.409. The number of allylic oxidation sites excluding steroid dienone is 7. The molecule has 2 aliphatic carbocycles. The van der Waals surface area contributed by atoms with E-state index in [1.807, 2.05) is 0 Å². The summed E-state index contributed by atoms with van der Waals surface area (Å²) in [5.41, 5.74) is 5.57. The van der Waals surface area contributed by atoms with E-state index in [9.17, 15) is 4.79 Å². The van der Waals surface area contributed by atoms with Gasteiger partial charge in [-0.15, -0.1) is 5.10 Å². The number of nitrogens with one attached hydrogen (secondary N) is 2. The minimum Gasteiger partial charge on any atom is -0.380 e. The summed E-state index contributed by atoms with van der Waals surface area (Å²) >= 11 is 0. The SMILES string of the molecule is CCC1=CCCC=C1NCc1cc(=O)n2nc(C3=CC=C(C)C(C)C3)nc2[nH]1. The number of aromatic nitrogens is 4. The summed E-state index contributed by atoms with van der Waals surface area (Å²) in [6.45, 7) is 7.05.